The monoisotopic (exact) mass is 354 g/mol. The largest absolute Gasteiger partial charge is 0.356 e. The Balaban J connectivity index is 2.58. The number of rotatable bonds is 8. The maximum absolute atomic E-state index is 11.3. The number of aromatic nitrogens is 1. The van der Waals surface area contributed by atoms with Gasteiger partial charge in [0.2, 0.25) is 0 Å². The van der Waals surface area contributed by atoms with Crippen molar-refractivity contribution in [3.8, 4) is 0 Å². The molecule has 0 bridgehead atoms. The summed E-state index contributed by atoms with van der Waals surface area (Å²) in [5, 5.41) is 6.58. The Morgan fingerprint density at radius 1 is 1.33 bits per heavy atom. The Labute approximate surface area is 146 Å². The van der Waals surface area contributed by atoms with E-state index in [4.69, 9.17) is 0 Å². The van der Waals surface area contributed by atoms with Crippen LogP contribution in [0, 0.1) is 5.92 Å². The van der Waals surface area contributed by atoms with Gasteiger partial charge in [0.1, 0.15) is 9.84 Å². The SMILES string of the molecule is CN=C(NCC(c1cccnc1)C(C)C)NC(C)CCS(C)(=O)=O. The van der Waals surface area contributed by atoms with Crippen LogP contribution >= 0.6 is 0 Å². The normalized spacial score (nSPS) is 15.2. The first-order valence-corrected chi connectivity index (χ1v) is 10.3. The summed E-state index contributed by atoms with van der Waals surface area (Å²) in [5.41, 5.74) is 1.19. The van der Waals surface area contributed by atoms with Gasteiger partial charge in [-0.25, -0.2) is 8.42 Å². The van der Waals surface area contributed by atoms with Crippen LogP contribution in [0.5, 0.6) is 0 Å². The summed E-state index contributed by atoms with van der Waals surface area (Å²) in [7, 11) is -1.23. The molecule has 0 aliphatic carbocycles. The summed E-state index contributed by atoms with van der Waals surface area (Å²) in [5.74, 6) is 1.64. The van der Waals surface area contributed by atoms with Gasteiger partial charge in [0.25, 0.3) is 0 Å². The lowest BCUT2D eigenvalue weighted by atomic mass is 9.89. The van der Waals surface area contributed by atoms with E-state index in [2.05, 4.69) is 40.5 Å². The topological polar surface area (TPSA) is 83.4 Å². The van der Waals surface area contributed by atoms with Gasteiger partial charge in [0.15, 0.2) is 5.96 Å². The highest BCUT2D eigenvalue weighted by molar-refractivity contribution is 7.90. The zero-order valence-electron chi connectivity index (χ0n) is 15.3. The lowest BCUT2D eigenvalue weighted by Gasteiger charge is -2.24. The third kappa shape index (κ3) is 7.77. The zero-order chi connectivity index (χ0) is 18.2. The number of hydrogen-bond acceptors (Lipinski definition) is 4. The molecule has 0 aliphatic heterocycles. The molecule has 0 saturated heterocycles. The molecule has 1 rings (SSSR count). The molecule has 0 fully saturated rings. The minimum absolute atomic E-state index is 0.0295. The minimum atomic E-state index is -2.94. The van der Waals surface area contributed by atoms with Crippen molar-refractivity contribution in [2.24, 2.45) is 10.9 Å². The number of pyridine rings is 1. The summed E-state index contributed by atoms with van der Waals surface area (Å²) >= 11 is 0. The van der Waals surface area contributed by atoms with E-state index in [0.29, 0.717) is 24.2 Å². The fourth-order valence-electron chi connectivity index (χ4n) is 2.43. The molecule has 1 aromatic rings. The second-order valence-corrected chi connectivity index (χ2v) is 8.81. The molecule has 24 heavy (non-hydrogen) atoms. The van der Waals surface area contributed by atoms with E-state index in [1.165, 1.54) is 11.8 Å². The fourth-order valence-corrected chi connectivity index (χ4v) is 3.21. The molecule has 0 aromatic carbocycles. The van der Waals surface area contributed by atoms with Gasteiger partial charge in [-0.15, -0.1) is 0 Å². The highest BCUT2D eigenvalue weighted by Crippen LogP contribution is 2.22. The summed E-state index contributed by atoms with van der Waals surface area (Å²) in [6.45, 7) is 7.06. The molecule has 2 unspecified atom stereocenters. The number of guanidine groups is 1. The predicted octanol–water partition coefficient (Wildman–Crippen LogP) is 1.81. The van der Waals surface area contributed by atoms with Gasteiger partial charge in [-0.2, -0.15) is 0 Å². The van der Waals surface area contributed by atoms with E-state index in [0.717, 1.165) is 6.54 Å². The Morgan fingerprint density at radius 2 is 2.04 bits per heavy atom. The van der Waals surface area contributed by atoms with Crippen LogP contribution in [-0.2, 0) is 9.84 Å². The third-order valence-electron chi connectivity index (χ3n) is 3.94. The van der Waals surface area contributed by atoms with E-state index in [1.807, 2.05) is 19.2 Å². The van der Waals surface area contributed by atoms with Gasteiger partial charge in [-0.3, -0.25) is 9.98 Å². The van der Waals surface area contributed by atoms with Crippen molar-refractivity contribution in [3.63, 3.8) is 0 Å². The molecule has 1 aromatic heterocycles. The highest BCUT2D eigenvalue weighted by atomic mass is 32.2. The van der Waals surface area contributed by atoms with Gasteiger partial charge >= 0.3 is 0 Å². The molecule has 0 saturated carbocycles. The Kier molecular flexibility index (Phi) is 8.18. The van der Waals surface area contributed by atoms with Crippen LogP contribution in [0.4, 0.5) is 0 Å². The molecule has 7 heteroatoms. The first-order valence-electron chi connectivity index (χ1n) is 8.27. The predicted molar refractivity (Wildman–Crippen MR) is 100 cm³/mol. The van der Waals surface area contributed by atoms with E-state index >= 15 is 0 Å². The van der Waals surface area contributed by atoms with Crippen LogP contribution in [0.25, 0.3) is 0 Å². The lowest BCUT2D eigenvalue weighted by Crippen LogP contribution is -2.44. The quantitative estimate of drug-likeness (QED) is 0.549. The van der Waals surface area contributed by atoms with Gasteiger partial charge in [-0.05, 0) is 30.9 Å². The number of nitrogens with zero attached hydrogens (tertiary/aromatic N) is 2. The third-order valence-corrected chi connectivity index (χ3v) is 4.91. The number of hydrogen-bond donors (Lipinski definition) is 2. The van der Waals surface area contributed by atoms with Gasteiger partial charge in [-0.1, -0.05) is 19.9 Å². The minimum Gasteiger partial charge on any atom is -0.356 e. The van der Waals surface area contributed by atoms with Crippen molar-refractivity contribution in [2.45, 2.75) is 39.2 Å². The molecule has 2 N–H and O–H groups in total. The van der Waals surface area contributed by atoms with Crippen molar-refractivity contribution in [2.75, 3.05) is 25.6 Å². The van der Waals surface area contributed by atoms with Crippen LogP contribution in [0.15, 0.2) is 29.5 Å². The summed E-state index contributed by atoms with van der Waals surface area (Å²) in [6.07, 6.45) is 5.49. The maximum atomic E-state index is 11.3. The van der Waals surface area contributed by atoms with Crippen molar-refractivity contribution < 1.29 is 8.42 Å². The molecule has 0 radical (unpaired) electrons. The smallest absolute Gasteiger partial charge is 0.191 e. The zero-order valence-corrected chi connectivity index (χ0v) is 16.1. The maximum Gasteiger partial charge on any atom is 0.191 e. The lowest BCUT2D eigenvalue weighted by molar-refractivity contribution is 0.484. The van der Waals surface area contributed by atoms with Gasteiger partial charge in [0.05, 0.1) is 5.75 Å². The van der Waals surface area contributed by atoms with Crippen LogP contribution in [0.3, 0.4) is 0 Å². The van der Waals surface area contributed by atoms with E-state index in [1.54, 1.807) is 13.2 Å². The van der Waals surface area contributed by atoms with E-state index in [-0.39, 0.29) is 11.8 Å². The second kappa shape index (κ2) is 9.61. The summed E-state index contributed by atoms with van der Waals surface area (Å²) < 4.78 is 22.5. The molecule has 1 heterocycles. The van der Waals surface area contributed by atoms with Crippen molar-refractivity contribution in [1.82, 2.24) is 15.6 Å². The van der Waals surface area contributed by atoms with Crippen LogP contribution in [-0.4, -0.2) is 51.0 Å². The summed E-state index contributed by atoms with van der Waals surface area (Å²) in [6, 6.07) is 4.07. The first kappa shape index (κ1) is 20.4. The van der Waals surface area contributed by atoms with Crippen LogP contribution in [0.1, 0.15) is 38.7 Å². The van der Waals surface area contributed by atoms with Gasteiger partial charge in [0, 0.05) is 44.2 Å². The van der Waals surface area contributed by atoms with Crippen molar-refractivity contribution in [1.29, 1.82) is 0 Å². The molecular formula is C17H30N4O2S. The van der Waals surface area contributed by atoms with Crippen LogP contribution in [0.2, 0.25) is 0 Å². The average molecular weight is 355 g/mol. The standard InChI is InChI=1S/C17H30N4O2S/c1-13(2)16(15-7-6-9-19-11-15)12-20-17(18-4)21-14(3)8-10-24(5,22)23/h6-7,9,11,13-14,16H,8,10,12H2,1-5H3,(H2,18,20,21). The molecule has 136 valence electrons. The molecule has 2 atom stereocenters. The van der Waals surface area contributed by atoms with Crippen LogP contribution < -0.4 is 10.6 Å². The van der Waals surface area contributed by atoms with Crippen molar-refractivity contribution >= 4 is 15.8 Å². The Morgan fingerprint density at radius 3 is 2.54 bits per heavy atom. The van der Waals surface area contributed by atoms with E-state index in [9.17, 15) is 8.42 Å². The number of sulfone groups is 1. The first-order chi connectivity index (χ1) is 11.2. The highest BCUT2D eigenvalue weighted by Gasteiger charge is 2.17. The number of aliphatic imine (C=N–C) groups is 1. The summed E-state index contributed by atoms with van der Waals surface area (Å²) in [4.78, 5) is 8.43. The second-order valence-electron chi connectivity index (χ2n) is 6.55. The van der Waals surface area contributed by atoms with Crippen molar-refractivity contribution in [3.05, 3.63) is 30.1 Å². The van der Waals surface area contributed by atoms with E-state index < -0.39 is 9.84 Å². The molecular weight excluding hydrogens is 324 g/mol. The molecule has 0 spiro atoms. The van der Waals surface area contributed by atoms with Gasteiger partial charge < -0.3 is 10.6 Å². The Hall–Kier alpha value is -1.63. The molecule has 0 amide bonds. The molecule has 0 aliphatic rings. The fraction of sp³-hybridized carbons (Fsp3) is 0.647. The average Bonchev–Trinajstić information content (AvgIpc) is 2.52. The Bertz CT molecular complexity index is 615. The molecule has 6 nitrogen and oxygen atoms in total. The number of nitrogens with one attached hydrogen (secondary N) is 2.